The lowest BCUT2D eigenvalue weighted by Crippen LogP contribution is -1.93. The summed E-state index contributed by atoms with van der Waals surface area (Å²) in [6, 6.07) is 56.4. The Morgan fingerprint density at radius 1 is 0.480 bits per heavy atom. The van der Waals surface area contributed by atoms with Crippen LogP contribution in [-0.2, 0) is 0 Å². The maximum Gasteiger partial charge on any atom is 0.159 e. The second kappa shape index (κ2) is 13.1. The molecule has 3 aromatic heterocycles. The molecule has 0 bridgehead atoms. The first-order valence-corrected chi connectivity index (χ1v) is 17.7. The van der Waals surface area contributed by atoms with Gasteiger partial charge in [0.05, 0.1) is 27.8 Å². The minimum absolute atomic E-state index is 0.892. The summed E-state index contributed by atoms with van der Waals surface area (Å²) in [5.74, 6) is 0. The van der Waals surface area contributed by atoms with Crippen molar-refractivity contribution in [3.05, 3.63) is 170 Å². The van der Waals surface area contributed by atoms with Gasteiger partial charge in [0.25, 0.3) is 0 Å². The highest BCUT2D eigenvalue weighted by Crippen LogP contribution is 2.40. The number of allylic oxidation sites excluding steroid dienone is 1. The minimum Gasteiger partial charge on any atom is -0.454 e. The molecule has 0 aliphatic carbocycles. The first kappa shape index (κ1) is 31.3. The van der Waals surface area contributed by atoms with E-state index in [1.807, 2.05) is 6.92 Å². The Kier molecular flexibility index (Phi) is 8.23. The van der Waals surface area contributed by atoms with Gasteiger partial charge in [0.15, 0.2) is 5.58 Å². The van der Waals surface area contributed by atoms with Gasteiger partial charge in [-0.05, 0) is 85.0 Å². The number of aromatic nitrogens is 2. The number of fused-ring (bicyclic) bond motifs is 9. The van der Waals surface area contributed by atoms with E-state index in [9.17, 15) is 0 Å². The third-order valence-corrected chi connectivity index (χ3v) is 9.32. The Hall–Kier alpha value is -5.97. The van der Waals surface area contributed by atoms with Crippen LogP contribution in [0.1, 0.15) is 6.92 Å². The van der Waals surface area contributed by atoms with Crippen LogP contribution in [0.5, 0.6) is 0 Å². The van der Waals surface area contributed by atoms with Crippen molar-refractivity contribution < 1.29 is 4.42 Å². The fourth-order valence-corrected chi connectivity index (χ4v) is 7.33. The molecular weight excluding hydrogens is 629 g/mol. The molecule has 3 heterocycles. The predicted molar refractivity (Wildman–Crippen MR) is 219 cm³/mol. The van der Waals surface area contributed by atoms with Crippen molar-refractivity contribution in [2.75, 3.05) is 6.26 Å². The molecule has 0 fully saturated rings. The maximum atomic E-state index is 6.65. The van der Waals surface area contributed by atoms with E-state index in [1.54, 1.807) is 12.3 Å². The van der Waals surface area contributed by atoms with Crippen molar-refractivity contribution in [3.63, 3.8) is 0 Å². The van der Waals surface area contributed by atoms with Crippen molar-refractivity contribution in [2.24, 2.45) is 0 Å². The highest BCUT2D eigenvalue weighted by Gasteiger charge is 2.18. The van der Waals surface area contributed by atoms with Gasteiger partial charge in [0.1, 0.15) is 5.58 Å². The first-order chi connectivity index (χ1) is 24.7. The van der Waals surface area contributed by atoms with Gasteiger partial charge < -0.3 is 13.6 Å². The third kappa shape index (κ3) is 4.99. The molecule has 0 unspecified atom stereocenters. The summed E-state index contributed by atoms with van der Waals surface area (Å²) in [6.45, 7) is 5.25. The Balaban J connectivity index is 0.000000688. The van der Waals surface area contributed by atoms with Gasteiger partial charge >= 0.3 is 0 Å². The molecule has 0 amide bonds. The lowest BCUT2D eigenvalue weighted by Gasteiger charge is -2.08. The van der Waals surface area contributed by atoms with Crippen LogP contribution in [0, 0.1) is 0 Å². The summed E-state index contributed by atoms with van der Waals surface area (Å²) in [5, 5.41) is 7.23. The van der Waals surface area contributed by atoms with Crippen molar-refractivity contribution in [1.29, 1.82) is 0 Å². The lowest BCUT2D eigenvalue weighted by atomic mass is 10.0. The number of para-hydroxylation sites is 5. The number of thiol groups is 1. The Labute approximate surface area is 296 Å². The second-order valence-corrected chi connectivity index (χ2v) is 12.2. The zero-order valence-corrected chi connectivity index (χ0v) is 28.9. The molecular formula is C46H36N2OS. The molecule has 0 atom stereocenters. The van der Waals surface area contributed by atoms with Gasteiger partial charge in [0, 0.05) is 38.0 Å². The largest absolute Gasteiger partial charge is 0.454 e. The molecule has 0 aliphatic rings. The van der Waals surface area contributed by atoms with Crippen LogP contribution in [0.15, 0.2) is 175 Å². The number of furan rings is 1. The molecule has 0 saturated heterocycles. The summed E-state index contributed by atoms with van der Waals surface area (Å²) in [5.41, 5.74) is 11.1. The molecule has 4 heteroatoms. The van der Waals surface area contributed by atoms with Gasteiger partial charge in [-0.3, -0.25) is 0 Å². The minimum atomic E-state index is 0.892. The average molecular weight is 665 g/mol. The molecule has 0 radical (unpaired) electrons. The predicted octanol–water partition coefficient (Wildman–Crippen LogP) is 13.2. The van der Waals surface area contributed by atoms with Crippen molar-refractivity contribution in [2.45, 2.75) is 6.92 Å². The molecule has 0 aliphatic heterocycles. The lowest BCUT2D eigenvalue weighted by molar-refractivity contribution is 0.666. The summed E-state index contributed by atoms with van der Waals surface area (Å²) in [6.07, 6.45) is 3.44. The van der Waals surface area contributed by atoms with Crippen molar-refractivity contribution in [3.8, 4) is 22.5 Å². The zero-order valence-electron chi connectivity index (χ0n) is 28.0. The average Bonchev–Trinajstić information content (AvgIpc) is 3.84. The number of rotatable bonds is 3. The smallest absolute Gasteiger partial charge is 0.159 e. The van der Waals surface area contributed by atoms with Gasteiger partial charge in [0.2, 0.25) is 0 Å². The quantitative estimate of drug-likeness (QED) is 0.147. The normalized spacial score (nSPS) is 11.2. The van der Waals surface area contributed by atoms with Crippen LogP contribution in [0.3, 0.4) is 0 Å². The molecule has 0 N–H and O–H groups in total. The van der Waals surface area contributed by atoms with Crippen molar-refractivity contribution in [1.82, 2.24) is 9.13 Å². The van der Waals surface area contributed by atoms with Gasteiger partial charge in [-0.15, -0.1) is 6.58 Å². The van der Waals surface area contributed by atoms with Crippen molar-refractivity contribution >= 4 is 78.2 Å². The number of hydrogen-bond acceptors (Lipinski definition) is 2. The van der Waals surface area contributed by atoms with E-state index in [1.165, 1.54) is 60.4 Å². The maximum absolute atomic E-state index is 6.65. The molecule has 3 nitrogen and oxygen atoms in total. The fourth-order valence-electron chi connectivity index (χ4n) is 7.33. The van der Waals surface area contributed by atoms with E-state index in [4.69, 9.17) is 4.42 Å². The molecule has 10 rings (SSSR count). The van der Waals surface area contributed by atoms with Gasteiger partial charge in [-0.25, -0.2) is 0 Å². The van der Waals surface area contributed by atoms with E-state index in [2.05, 4.69) is 186 Å². The third-order valence-electron chi connectivity index (χ3n) is 9.32. The first-order valence-electron chi connectivity index (χ1n) is 16.8. The standard InChI is InChI=1S/C42H26N2O.C3H6.CH4S/c1-2-11-29(12-3-1)43-36-17-7-6-15-32(36)34-25-27(21-23-39(34)43)28-22-24-41-35(26-28)33-16-10-20-40(42(33)45-41)44-37-18-8-4-13-30(37)31-14-5-9-19-38(31)44;1-3-2;1-2/h1-26H;3H,1H2,2H3;2H,1H3. The van der Waals surface area contributed by atoms with E-state index in [0.29, 0.717) is 0 Å². The second-order valence-electron chi connectivity index (χ2n) is 12.2. The zero-order chi connectivity index (χ0) is 34.2. The summed E-state index contributed by atoms with van der Waals surface area (Å²) in [7, 11) is 0. The molecule has 242 valence electrons. The number of benzene rings is 7. The van der Waals surface area contributed by atoms with Crippen LogP contribution in [-0.4, -0.2) is 15.4 Å². The molecule has 10 aromatic rings. The highest BCUT2D eigenvalue weighted by atomic mass is 32.1. The number of hydrogen-bond donors (Lipinski definition) is 1. The SMILES string of the molecule is C=CC.CS.c1ccc(-n2c3ccccc3c3cc(-c4ccc5oc6c(-n7c8ccccc8c8ccccc87)cccc6c5c4)ccc32)cc1. The van der Waals surface area contributed by atoms with E-state index < -0.39 is 0 Å². The van der Waals surface area contributed by atoms with Crippen LogP contribution < -0.4 is 0 Å². The van der Waals surface area contributed by atoms with E-state index in [0.717, 1.165) is 27.6 Å². The van der Waals surface area contributed by atoms with Crippen LogP contribution in [0.2, 0.25) is 0 Å². The highest BCUT2D eigenvalue weighted by molar-refractivity contribution is 7.79. The van der Waals surface area contributed by atoms with Crippen LogP contribution >= 0.6 is 12.6 Å². The molecule has 0 saturated carbocycles. The fraction of sp³-hybridized carbons (Fsp3) is 0.0435. The van der Waals surface area contributed by atoms with Crippen LogP contribution in [0.4, 0.5) is 0 Å². The Morgan fingerprint density at radius 3 is 1.60 bits per heavy atom. The number of nitrogens with zero attached hydrogens (tertiary/aromatic N) is 2. The van der Waals surface area contributed by atoms with E-state index >= 15 is 0 Å². The molecule has 7 aromatic carbocycles. The molecule has 50 heavy (non-hydrogen) atoms. The van der Waals surface area contributed by atoms with Gasteiger partial charge in [-0.2, -0.15) is 12.6 Å². The molecule has 0 spiro atoms. The van der Waals surface area contributed by atoms with Gasteiger partial charge in [-0.1, -0.05) is 103 Å². The summed E-state index contributed by atoms with van der Waals surface area (Å²) < 4.78 is 11.4. The van der Waals surface area contributed by atoms with Crippen LogP contribution in [0.25, 0.3) is 88.1 Å². The topological polar surface area (TPSA) is 23.0 Å². The summed E-state index contributed by atoms with van der Waals surface area (Å²) >= 11 is 3.53. The Bertz CT molecular complexity index is 2770. The Morgan fingerprint density at radius 2 is 0.960 bits per heavy atom. The summed E-state index contributed by atoms with van der Waals surface area (Å²) in [4.78, 5) is 0. The van der Waals surface area contributed by atoms with E-state index in [-0.39, 0.29) is 0 Å². The monoisotopic (exact) mass is 664 g/mol.